The number of ketones is 1. The average molecular weight is 262 g/mol. The van der Waals surface area contributed by atoms with Crippen molar-refractivity contribution in [3.63, 3.8) is 0 Å². The molecule has 0 saturated heterocycles. The standard InChI is InChI=1S/C16H22O3/c1-12(2)11-13-7-9-14(10-8-13)15(17)5-4-6-16(18)19-3/h7-10,12H,4-6,11H2,1-3H3. The predicted octanol–water partition coefficient (Wildman–Crippen LogP) is 3.41. The van der Waals surface area contributed by atoms with Gasteiger partial charge in [0.2, 0.25) is 0 Å². The summed E-state index contributed by atoms with van der Waals surface area (Å²) in [7, 11) is 1.36. The largest absolute Gasteiger partial charge is 0.469 e. The molecule has 3 nitrogen and oxygen atoms in total. The lowest BCUT2D eigenvalue weighted by Gasteiger charge is -2.06. The van der Waals surface area contributed by atoms with Crippen LogP contribution in [0.15, 0.2) is 24.3 Å². The molecule has 3 heteroatoms. The number of carbonyl (C=O) groups excluding carboxylic acids is 2. The van der Waals surface area contributed by atoms with Crippen LogP contribution in [-0.4, -0.2) is 18.9 Å². The van der Waals surface area contributed by atoms with Crippen LogP contribution in [0.2, 0.25) is 0 Å². The monoisotopic (exact) mass is 262 g/mol. The molecule has 19 heavy (non-hydrogen) atoms. The van der Waals surface area contributed by atoms with E-state index in [2.05, 4.69) is 18.6 Å². The molecule has 0 radical (unpaired) electrons. The van der Waals surface area contributed by atoms with Crippen LogP contribution in [0.3, 0.4) is 0 Å². The van der Waals surface area contributed by atoms with Crippen LogP contribution in [0.1, 0.15) is 49.0 Å². The summed E-state index contributed by atoms with van der Waals surface area (Å²) in [5.41, 5.74) is 1.97. The van der Waals surface area contributed by atoms with Crippen molar-refractivity contribution in [2.75, 3.05) is 7.11 Å². The van der Waals surface area contributed by atoms with Gasteiger partial charge in [0.1, 0.15) is 0 Å². The number of rotatable bonds is 7. The lowest BCUT2D eigenvalue weighted by molar-refractivity contribution is -0.140. The zero-order chi connectivity index (χ0) is 14.3. The van der Waals surface area contributed by atoms with Crippen LogP contribution in [0, 0.1) is 5.92 Å². The zero-order valence-electron chi connectivity index (χ0n) is 11.9. The van der Waals surface area contributed by atoms with Gasteiger partial charge in [-0.25, -0.2) is 0 Å². The van der Waals surface area contributed by atoms with Gasteiger partial charge in [-0.1, -0.05) is 38.1 Å². The summed E-state index contributed by atoms with van der Waals surface area (Å²) in [5.74, 6) is 0.432. The summed E-state index contributed by atoms with van der Waals surface area (Å²) in [6.07, 6.45) is 2.25. The van der Waals surface area contributed by atoms with Crippen molar-refractivity contribution in [2.45, 2.75) is 39.5 Å². The summed E-state index contributed by atoms with van der Waals surface area (Å²) in [4.78, 5) is 22.8. The van der Waals surface area contributed by atoms with E-state index in [1.165, 1.54) is 12.7 Å². The van der Waals surface area contributed by atoms with Crippen LogP contribution in [0.5, 0.6) is 0 Å². The highest BCUT2D eigenvalue weighted by atomic mass is 16.5. The van der Waals surface area contributed by atoms with E-state index >= 15 is 0 Å². The van der Waals surface area contributed by atoms with Gasteiger partial charge in [0, 0.05) is 18.4 Å². The molecule has 0 saturated carbocycles. The Kier molecular flexibility index (Phi) is 6.26. The van der Waals surface area contributed by atoms with E-state index in [9.17, 15) is 9.59 Å². The maximum Gasteiger partial charge on any atom is 0.305 e. The molecule has 0 aliphatic rings. The zero-order valence-corrected chi connectivity index (χ0v) is 11.9. The summed E-state index contributed by atoms with van der Waals surface area (Å²) in [5, 5.41) is 0. The summed E-state index contributed by atoms with van der Waals surface area (Å²) >= 11 is 0. The third-order valence-corrected chi connectivity index (χ3v) is 2.93. The normalized spacial score (nSPS) is 10.5. The molecule has 0 unspecified atom stereocenters. The lowest BCUT2D eigenvalue weighted by Crippen LogP contribution is -2.04. The summed E-state index contributed by atoms with van der Waals surface area (Å²) in [6.45, 7) is 4.34. The van der Waals surface area contributed by atoms with Crippen molar-refractivity contribution in [1.82, 2.24) is 0 Å². The molecule has 1 rings (SSSR count). The minimum Gasteiger partial charge on any atom is -0.469 e. The minimum absolute atomic E-state index is 0.0833. The first-order valence-corrected chi connectivity index (χ1v) is 6.72. The van der Waals surface area contributed by atoms with Gasteiger partial charge in [-0.15, -0.1) is 0 Å². The number of Topliss-reactive ketones (excluding diaryl/α,β-unsaturated/α-hetero) is 1. The number of ether oxygens (including phenoxy) is 1. The van der Waals surface area contributed by atoms with Crippen molar-refractivity contribution < 1.29 is 14.3 Å². The van der Waals surface area contributed by atoms with Gasteiger partial charge in [0.05, 0.1) is 7.11 Å². The fourth-order valence-electron chi connectivity index (χ4n) is 1.94. The highest BCUT2D eigenvalue weighted by Gasteiger charge is 2.08. The second-order valence-electron chi connectivity index (χ2n) is 5.15. The molecule has 104 valence electrons. The minimum atomic E-state index is -0.264. The first-order chi connectivity index (χ1) is 9.02. The van der Waals surface area contributed by atoms with E-state index in [0.29, 0.717) is 25.2 Å². The average Bonchev–Trinajstić information content (AvgIpc) is 2.38. The molecule has 0 aliphatic carbocycles. The van der Waals surface area contributed by atoms with Gasteiger partial charge in [-0.2, -0.15) is 0 Å². The number of benzene rings is 1. The topological polar surface area (TPSA) is 43.4 Å². The number of hydrogen-bond acceptors (Lipinski definition) is 3. The third-order valence-electron chi connectivity index (χ3n) is 2.93. The Labute approximate surface area is 115 Å². The highest BCUT2D eigenvalue weighted by molar-refractivity contribution is 5.96. The van der Waals surface area contributed by atoms with Gasteiger partial charge >= 0.3 is 5.97 Å². The van der Waals surface area contributed by atoms with E-state index in [1.54, 1.807) is 0 Å². The fourth-order valence-corrected chi connectivity index (χ4v) is 1.94. The fraction of sp³-hybridized carbons (Fsp3) is 0.500. The van der Waals surface area contributed by atoms with E-state index in [1.807, 2.05) is 24.3 Å². The predicted molar refractivity (Wildman–Crippen MR) is 75.2 cm³/mol. The molecule has 1 aromatic rings. The molecule has 0 bridgehead atoms. The molecule has 0 N–H and O–H groups in total. The van der Waals surface area contributed by atoms with Gasteiger partial charge in [-0.05, 0) is 24.3 Å². The van der Waals surface area contributed by atoms with Crippen molar-refractivity contribution in [3.8, 4) is 0 Å². The second kappa shape index (κ2) is 7.72. The van der Waals surface area contributed by atoms with Gasteiger partial charge < -0.3 is 4.74 Å². The Hall–Kier alpha value is -1.64. The summed E-state index contributed by atoms with van der Waals surface area (Å²) in [6, 6.07) is 7.76. The molecule has 0 aliphatic heterocycles. The number of carbonyl (C=O) groups is 2. The number of methoxy groups -OCH3 is 1. The number of esters is 1. The molecule has 0 heterocycles. The Morgan fingerprint density at radius 2 is 1.74 bits per heavy atom. The van der Waals surface area contributed by atoms with Crippen LogP contribution in [0.4, 0.5) is 0 Å². The van der Waals surface area contributed by atoms with Crippen molar-refractivity contribution in [3.05, 3.63) is 35.4 Å². The Morgan fingerprint density at radius 3 is 2.26 bits per heavy atom. The molecule has 0 aromatic heterocycles. The Bertz CT molecular complexity index is 418. The van der Waals surface area contributed by atoms with Crippen LogP contribution >= 0.6 is 0 Å². The maximum atomic E-state index is 11.9. The van der Waals surface area contributed by atoms with Crippen molar-refractivity contribution in [2.24, 2.45) is 5.92 Å². The molecular weight excluding hydrogens is 240 g/mol. The van der Waals surface area contributed by atoms with E-state index in [0.717, 1.165) is 12.0 Å². The molecule has 1 aromatic carbocycles. The van der Waals surface area contributed by atoms with E-state index in [4.69, 9.17) is 0 Å². The lowest BCUT2D eigenvalue weighted by atomic mass is 9.99. The smallest absolute Gasteiger partial charge is 0.305 e. The Morgan fingerprint density at radius 1 is 1.11 bits per heavy atom. The molecule has 0 fully saturated rings. The van der Waals surface area contributed by atoms with E-state index in [-0.39, 0.29) is 11.8 Å². The van der Waals surface area contributed by atoms with Gasteiger partial charge in [0.25, 0.3) is 0 Å². The third kappa shape index (κ3) is 5.69. The van der Waals surface area contributed by atoms with Crippen molar-refractivity contribution in [1.29, 1.82) is 0 Å². The van der Waals surface area contributed by atoms with Gasteiger partial charge in [-0.3, -0.25) is 9.59 Å². The number of hydrogen-bond donors (Lipinski definition) is 0. The first kappa shape index (κ1) is 15.4. The molecule has 0 atom stereocenters. The van der Waals surface area contributed by atoms with Crippen LogP contribution in [-0.2, 0) is 16.0 Å². The van der Waals surface area contributed by atoms with Gasteiger partial charge in [0.15, 0.2) is 5.78 Å². The molecule has 0 spiro atoms. The SMILES string of the molecule is COC(=O)CCCC(=O)c1ccc(CC(C)C)cc1. The van der Waals surface area contributed by atoms with Crippen LogP contribution < -0.4 is 0 Å². The highest BCUT2D eigenvalue weighted by Crippen LogP contribution is 2.12. The maximum absolute atomic E-state index is 11.9. The van der Waals surface area contributed by atoms with Crippen molar-refractivity contribution >= 4 is 11.8 Å². The Balaban J connectivity index is 2.46. The summed E-state index contributed by atoms with van der Waals surface area (Å²) < 4.78 is 4.54. The first-order valence-electron chi connectivity index (χ1n) is 6.72. The molecule has 0 amide bonds. The van der Waals surface area contributed by atoms with Crippen LogP contribution in [0.25, 0.3) is 0 Å². The van der Waals surface area contributed by atoms with E-state index < -0.39 is 0 Å². The molecular formula is C16H22O3. The second-order valence-corrected chi connectivity index (χ2v) is 5.15. The quantitative estimate of drug-likeness (QED) is 0.558.